The van der Waals surface area contributed by atoms with Gasteiger partial charge in [-0.2, -0.15) is 0 Å². The maximum absolute atomic E-state index is 4.49. The van der Waals surface area contributed by atoms with Crippen molar-refractivity contribution < 1.29 is 0 Å². The van der Waals surface area contributed by atoms with Crippen molar-refractivity contribution in [2.45, 2.75) is 79.6 Å². The van der Waals surface area contributed by atoms with E-state index in [1.54, 1.807) is 0 Å². The van der Waals surface area contributed by atoms with Crippen molar-refractivity contribution in [2.24, 2.45) is 11.3 Å². The van der Waals surface area contributed by atoms with Gasteiger partial charge in [-0.15, -0.1) is 6.58 Å². The highest BCUT2D eigenvalue weighted by atomic mass is 14.5. The first kappa shape index (κ1) is 30.1. The SMILES string of the molecule is C=CC1C(C2=CCCC=C2)=c2ccccc2=C(C2=c3ccc4cc5c(cc4c3=CCC2)C(C)CC=C5)[C@]1(C)/C(C)=C\C.CC. The third kappa shape index (κ3) is 4.66. The van der Waals surface area contributed by atoms with Crippen LogP contribution in [0.2, 0.25) is 0 Å². The van der Waals surface area contributed by atoms with Gasteiger partial charge in [-0.25, -0.2) is 0 Å². The molecule has 0 radical (unpaired) electrons. The summed E-state index contributed by atoms with van der Waals surface area (Å²) in [6.07, 6.45) is 24.3. The van der Waals surface area contributed by atoms with E-state index in [0.29, 0.717) is 5.92 Å². The predicted octanol–water partition coefficient (Wildman–Crippen LogP) is 9.18. The standard InChI is InChI=1S/C42H42.C2H6/c1-6-28(4)42(5)39(7-2)40(29-16-9-8-10-17-29)34-19-11-12-20-36(34)41(42)35-22-14-21-32-33(35)24-23-31-25-30-18-13-15-27(3)37(30)26-38(31)32;1-2/h6-7,9,11-13,16-21,23-27,39H,2,8,10,14-15,22H2,1,3-5H3;1-2H3/b28-6-;/t27?,39?,42-;/m1./s1. The van der Waals surface area contributed by atoms with E-state index in [0.717, 1.165) is 32.1 Å². The van der Waals surface area contributed by atoms with Crippen molar-refractivity contribution in [3.63, 3.8) is 0 Å². The van der Waals surface area contributed by atoms with E-state index in [9.17, 15) is 0 Å². The predicted molar refractivity (Wildman–Crippen MR) is 194 cm³/mol. The van der Waals surface area contributed by atoms with Crippen LogP contribution < -0.4 is 20.9 Å². The highest BCUT2D eigenvalue weighted by molar-refractivity contribution is 5.98. The number of hydrogen-bond acceptors (Lipinski definition) is 0. The lowest BCUT2D eigenvalue weighted by molar-refractivity contribution is 0.454. The molecule has 0 nitrogen and oxygen atoms in total. The molecule has 0 heteroatoms. The minimum absolute atomic E-state index is 0.176. The van der Waals surface area contributed by atoms with Crippen LogP contribution >= 0.6 is 0 Å². The lowest BCUT2D eigenvalue weighted by atomic mass is 9.58. The number of fused-ring (bicyclic) bond motifs is 5. The summed E-state index contributed by atoms with van der Waals surface area (Å²) in [5.74, 6) is 0.734. The Labute approximate surface area is 264 Å². The van der Waals surface area contributed by atoms with Crippen molar-refractivity contribution >= 4 is 39.6 Å². The quantitative estimate of drug-likeness (QED) is 0.272. The van der Waals surface area contributed by atoms with Crippen molar-refractivity contribution in [3.8, 4) is 0 Å². The summed E-state index contributed by atoms with van der Waals surface area (Å²) in [5, 5.41) is 8.35. The summed E-state index contributed by atoms with van der Waals surface area (Å²) in [6.45, 7) is 17.9. The van der Waals surface area contributed by atoms with Crippen molar-refractivity contribution in [3.05, 3.63) is 135 Å². The zero-order valence-electron chi connectivity index (χ0n) is 27.6. The minimum atomic E-state index is -0.208. The van der Waals surface area contributed by atoms with E-state index in [1.807, 2.05) is 13.8 Å². The lowest BCUT2D eigenvalue weighted by Crippen LogP contribution is -2.47. The molecule has 0 bridgehead atoms. The molecule has 0 N–H and O–H groups in total. The first-order chi connectivity index (χ1) is 21.5. The van der Waals surface area contributed by atoms with E-state index in [2.05, 4.69) is 131 Å². The molecule has 3 atom stereocenters. The van der Waals surface area contributed by atoms with E-state index >= 15 is 0 Å². The molecule has 0 aliphatic heterocycles. The fraction of sp³-hybridized carbons (Fsp3) is 0.318. The van der Waals surface area contributed by atoms with Gasteiger partial charge in [0.1, 0.15) is 0 Å². The second-order valence-electron chi connectivity index (χ2n) is 12.9. The minimum Gasteiger partial charge on any atom is -0.102 e. The van der Waals surface area contributed by atoms with Crippen LogP contribution in [0.15, 0.2) is 103 Å². The summed E-state index contributed by atoms with van der Waals surface area (Å²) in [5.41, 5.74) is 9.88. The Morgan fingerprint density at radius 2 is 1.70 bits per heavy atom. The molecule has 3 aromatic carbocycles. The van der Waals surface area contributed by atoms with Gasteiger partial charge in [-0.05, 0) is 129 Å². The van der Waals surface area contributed by atoms with Crippen LogP contribution in [0, 0.1) is 11.3 Å². The average molecular weight is 577 g/mol. The summed E-state index contributed by atoms with van der Waals surface area (Å²) in [6, 6.07) is 18.9. The second-order valence-corrected chi connectivity index (χ2v) is 12.9. The van der Waals surface area contributed by atoms with Gasteiger partial charge >= 0.3 is 0 Å². The van der Waals surface area contributed by atoms with E-state index in [4.69, 9.17) is 0 Å². The van der Waals surface area contributed by atoms with Gasteiger partial charge in [0.2, 0.25) is 0 Å². The van der Waals surface area contributed by atoms with Crippen LogP contribution in [0.1, 0.15) is 90.7 Å². The number of rotatable bonds is 4. The lowest BCUT2D eigenvalue weighted by Gasteiger charge is -2.45. The Hall–Kier alpha value is -3.90. The third-order valence-electron chi connectivity index (χ3n) is 10.7. The largest absolute Gasteiger partial charge is 0.102 e. The van der Waals surface area contributed by atoms with Gasteiger partial charge in [-0.3, -0.25) is 0 Å². The Bertz CT molecular complexity index is 2020. The van der Waals surface area contributed by atoms with Crippen LogP contribution in [-0.4, -0.2) is 0 Å². The highest BCUT2D eigenvalue weighted by Crippen LogP contribution is 2.53. The van der Waals surface area contributed by atoms with E-state index in [-0.39, 0.29) is 11.3 Å². The summed E-state index contributed by atoms with van der Waals surface area (Å²) in [4.78, 5) is 0. The van der Waals surface area contributed by atoms with Gasteiger partial charge in [0, 0.05) is 11.3 Å². The van der Waals surface area contributed by atoms with Crippen molar-refractivity contribution in [2.75, 3.05) is 0 Å². The molecule has 44 heavy (non-hydrogen) atoms. The van der Waals surface area contributed by atoms with Crippen LogP contribution in [0.5, 0.6) is 0 Å². The Balaban J connectivity index is 0.00000168. The Morgan fingerprint density at radius 1 is 0.909 bits per heavy atom. The van der Waals surface area contributed by atoms with Crippen LogP contribution in [0.25, 0.3) is 39.6 Å². The zero-order chi connectivity index (χ0) is 31.0. The molecule has 0 heterocycles. The molecule has 2 unspecified atom stereocenters. The third-order valence-corrected chi connectivity index (χ3v) is 10.7. The number of benzene rings is 3. The molecule has 0 aromatic heterocycles. The fourth-order valence-electron chi connectivity index (χ4n) is 8.31. The Morgan fingerprint density at radius 3 is 2.43 bits per heavy atom. The molecule has 7 rings (SSSR count). The molecule has 4 aliphatic carbocycles. The first-order valence-electron chi connectivity index (χ1n) is 16.9. The molecule has 224 valence electrons. The first-order valence-corrected chi connectivity index (χ1v) is 16.9. The molecule has 0 saturated carbocycles. The van der Waals surface area contributed by atoms with Crippen LogP contribution in [-0.2, 0) is 0 Å². The molecule has 0 fully saturated rings. The smallest absolute Gasteiger partial charge is 0.0243 e. The molecule has 0 saturated heterocycles. The van der Waals surface area contributed by atoms with E-state index < -0.39 is 0 Å². The normalized spacial score (nSPS) is 24.0. The van der Waals surface area contributed by atoms with Gasteiger partial charge in [-0.1, -0.05) is 118 Å². The molecule has 3 aromatic rings. The zero-order valence-corrected chi connectivity index (χ0v) is 27.6. The second kappa shape index (κ2) is 12.2. The van der Waals surface area contributed by atoms with Gasteiger partial charge in [0.05, 0.1) is 0 Å². The maximum Gasteiger partial charge on any atom is 0.0243 e. The summed E-state index contributed by atoms with van der Waals surface area (Å²) < 4.78 is 0. The van der Waals surface area contributed by atoms with Crippen LogP contribution in [0.4, 0.5) is 0 Å². The molecular weight excluding hydrogens is 528 g/mol. The maximum atomic E-state index is 4.49. The molecule has 0 amide bonds. The van der Waals surface area contributed by atoms with Gasteiger partial charge in [0.25, 0.3) is 0 Å². The van der Waals surface area contributed by atoms with E-state index in [1.165, 1.54) is 70.6 Å². The molecule has 4 aliphatic rings. The van der Waals surface area contributed by atoms with Gasteiger partial charge in [0.15, 0.2) is 0 Å². The topological polar surface area (TPSA) is 0 Å². The fourth-order valence-corrected chi connectivity index (χ4v) is 8.31. The van der Waals surface area contributed by atoms with Crippen molar-refractivity contribution in [1.29, 1.82) is 0 Å². The average Bonchev–Trinajstić information content (AvgIpc) is 3.07. The van der Waals surface area contributed by atoms with Crippen LogP contribution in [0.3, 0.4) is 0 Å². The number of hydrogen-bond donors (Lipinski definition) is 0. The summed E-state index contributed by atoms with van der Waals surface area (Å²) in [7, 11) is 0. The Kier molecular flexibility index (Phi) is 8.38. The highest BCUT2D eigenvalue weighted by Gasteiger charge is 2.44. The number of allylic oxidation sites excluding steroid dienone is 8. The summed E-state index contributed by atoms with van der Waals surface area (Å²) >= 11 is 0. The monoisotopic (exact) mass is 576 g/mol. The van der Waals surface area contributed by atoms with Gasteiger partial charge < -0.3 is 0 Å². The molecule has 0 spiro atoms. The van der Waals surface area contributed by atoms with Crippen molar-refractivity contribution in [1.82, 2.24) is 0 Å². The molecular formula is C44H48.